The van der Waals surface area contributed by atoms with Gasteiger partial charge in [-0.1, -0.05) is 53.7 Å². The number of aryl methyl sites for hydroxylation is 1. The topological polar surface area (TPSA) is 107 Å². The zero-order valence-corrected chi connectivity index (χ0v) is 24.4. The number of phosphoric ester groups is 1. The Morgan fingerprint density at radius 1 is 0.892 bits per heavy atom. The minimum Gasteiger partial charge on any atom is -0.465 e. The molecule has 3 saturated heterocycles. The number of esters is 1. The van der Waals surface area contributed by atoms with Gasteiger partial charge in [0.1, 0.15) is 18.0 Å². The molecule has 1 aromatic rings. The molecule has 37 heavy (non-hydrogen) atoms. The van der Waals surface area contributed by atoms with Gasteiger partial charge in [-0.25, -0.2) is 9.36 Å². The van der Waals surface area contributed by atoms with Crippen molar-refractivity contribution in [1.82, 2.24) is 0 Å². The van der Waals surface area contributed by atoms with Crippen LogP contribution in [0.1, 0.15) is 85.4 Å². The SMILES string of the molecule is CC(C)(C)OC(=O)Oc1c(C(C)(C)C)cc(CCC(=O)OCC23COP(=O)(OC2)OC3)cc1C(C)(C)C. The van der Waals surface area contributed by atoms with E-state index >= 15 is 0 Å². The predicted octanol–water partition coefficient (Wildman–Crippen LogP) is 6.24. The summed E-state index contributed by atoms with van der Waals surface area (Å²) in [4.78, 5) is 25.2. The average Bonchev–Trinajstić information content (AvgIpc) is 2.75. The molecule has 0 spiro atoms. The Bertz CT molecular complexity index is 1010. The van der Waals surface area contributed by atoms with Gasteiger partial charge in [0, 0.05) is 17.5 Å². The second-order valence-electron chi connectivity index (χ2n) is 13.0. The van der Waals surface area contributed by atoms with Crippen molar-refractivity contribution in [1.29, 1.82) is 0 Å². The van der Waals surface area contributed by atoms with Crippen molar-refractivity contribution in [3.05, 3.63) is 28.8 Å². The van der Waals surface area contributed by atoms with E-state index in [-0.39, 0.29) is 49.6 Å². The highest BCUT2D eigenvalue weighted by atomic mass is 31.2. The van der Waals surface area contributed by atoms with Crippen molar-refractivity contribution in [2.75, 3.05) is 26.4 Å². The largest absolute Gasteiger partial charge is 0.514 e. The van der Waals surface area contributed by atoms with Gasteiger partial charge >= 0.3 is 19.9 Å². The molecule has 0 aromatic heterocycles. The number of carbonyl (C=O) groups is 2. The van der Waals surface area contributed by atoms with Gasteiger partial charge in [-0.2, -0.15) is 0 Å². The Labute approximate surface area is 220 Å². The molecule has 0 saturated carbocycles. The molecule has 3 aliphatic rings. The first kappa shape index (κ1) is 29.6. The van der Waals surface area contributed by atoms with E-state index in [1.807, 2.05) is 53.7 Å². The second kappa shape index (κ2) is 10.3. The smallest absolute Gasteiger partial charge is 0.465 e. The lowest BCUT2D eigenvalue weighted by molar-refractivity contribution is -0.159. The van der Waals surface area contributed by atoms with Crippen LogP contribution in [-0.4, -0.2) is 44.2 Å². The molecular formula is C27H41O9P. The summed E-state index contributed by atoms with van der Waals surface area (Å²) in [6, 6.07) is 3.96. The maximum atomic E-state index is 12.6. The van der Waals surface area contributed by atoms with E-state index in [1.165, 1.54) is 0 Å². The third-order valence-corrected chi connectivity index (χ3v) is 7.42. The van der Waals surface area contributed by atoms with E-state index < -0.39 is 25.0 Å². The number of hydrogen-bond donors (Lipinski definition) is 0. The van der Waals surface area contributed by atoms with Gasteiger partial charge in [-0.05, 0) is 43.6 Å². The lowest BCUT2D eigenvalue weighted by atomic mass is 9.78. The summed E-state index contributed by atoms with van der Waals surface area (Å²) in [5, 5.41) is 0. The monoisotopic (exact) mass is 540 g/mol. The maximum Gasteiger partial charge on any atom is 0.514 e. The van der Waals surface area contributed by atoms with Crippen LogP contribution in [-0.2, 0) is 49.7 Å². The van der Waals surface area contributed by atoms with E-state index in [9.17, 15) is 14.2 Å². The molecule has 3 aliphatic heterocycles. The summed E-state index contributed by atoms with van der Waals surface area (Å²) < 4.78 is 44.2. The van der Waals surface area contributed by atoms with Gasteiger partial charge in [0.2, 0.25) is 0 Å². The molecule has 0 aliphatic carbocycles. The highest BCUT2D eigenvalue weighted by Crippen LogP contribution is 2.60. The van der Waals surface area contributed by atoms with Crippen LogP contribution in [0.3, 0.4) is 0 Å². The standard InChI is InChI=1S/C27H41O9P/c1-24(2,3)19-12-18(13-20(25(4,5)6)22(19)35-23(29)36-26(7,8)9)10-11-21(28)31-14-27-15-32-37(30,33-16-27)34-17-27/h12-13H,10-11,14-17H2,1-9H3. The summed E-state index contributed by atoms with van der Waals surface area (Å²) >= 11 is 0. The first-order valence-corrected chi connectivity index (χ1v) is 14.1. The fourth-order valence-electron chi connectivity index (χ4n) is 3.97. The number of fused-ring (bicyclic) bond motifs is 3. The van der Waals surface area contributed by atoms with Crippen LogP contribution in [0.5, 0.6) is 5.75 Å². The molecule has 1 aromatic carbocycles. The van der Waals surface area contributed by atoms with Crippen molar-refractivity contribution in [3.8, 4) is 5.75 Å². The fraction of sp³-hybridized carbons (Fsp3) is 0.704. The molecule has 3 heterocycles. The van der Waals surface area contributed by atoms with Gasteiger partial charge in [-0.15, -0.1) is 0 Å². The summed E-state index contributed by atoms with van der Waals surface area (Å²) in [6.07, 6.45) is -0.141. The third-order valence-electron chi connectivity index (χ3n) is 6.08. The van der Waals surface area contributed by atoms with Gasteiger partial charge < -0.3 is 14.2 Å². The highest BCUT2D eigenvalue weighted by Gasteiger charge is 2.51. The number of rotatable bonds is 6. The summed E-state index contributed by atoms with van der Waals surface area (Å²) in [6.45, 7) is 18.2. The average molecular weight is 541 g/mol. The minimum atomic E-state index is -3.41. The quantitative estimate of drug-likeness (QED) is 0.235. The molecule has 10 heteroatoms. The van der Waals surface area contributed by atoms with Crippen LogP contribution in [0.2, 0.25) is 0 Å². The minimum absolute atomic E-state index is 0.0645. The Morgan fingerprint density at radius 2 is 1.38 bits per heavy atom. The lowest BCUT2D eigenvalue weighted by Gasteiger charge is -2.43. The highest BCUT2D eigenvalue weighted by molar-refractivity contribution is 7.48. The van der Waals surface area contributed by atoms with Crippen molar-refractivity contribution in [3.63, 3.8) is 0 Å². The third kappa shape index (κ3) is 7.79. The summed E-state index contributed by atoms with van der Waals surface area (Å²) in [5.41, 5.74) is 0.652. The molecule has 0 unspecified atom stereocenters. The van der Waals surface area contributed by atoms with Crippen LogP contribution < -0.4 is 4.74 Å². The number of hydrogen-bond acceptors (Lipinski definition) is 9. The molecule has 0 atom stereocenters. The van der Waals surface area contributed by atoms with E-state index in [0.29, 0.717) is 12.2 Å². The van der Waals surface area contributed by atoms with Gasteiger partial charge in [0.05, 0.1) is 25.2 Å². The predicted molar refractivity (Wildman–Crippen MR) is 138 cm³/mol. The zero-order chi connectivity index (χ0) is 27.9. The van der Waals surface area contributed by atoms with Crippen LogP contribution >= 0.6 is 7.82 Å². The lowest BCUT2D eigenvalue weighted by Crippen LogP contribution is -2.48. The van der Waals surface area contributed by atoms with E-state index in [1.54, 1.807) is 20.8 Å². The van der Waals surface area contributed by atoms with Crippen molar-refractivity contribution < 1.29 is 41.9 Å². The summed E-state index contributed by atoms with van der Waals surface area (Å²) in [7, 11) is -3.41. The van der Waals surface area contributed by atoms with E-state index in [2.05, 4.69) is 0 Å². The van der Waals surface area contributed by atoms with Gasteiger partial charge in [-0.3, -0.25) is 18.4 Å². The molecule has 4 rings (SSSR count). The first-order valence-electron chi connectivity index (χ1n) is 12.6. The number of carbonyl (C=O) groups excluding carboxylic acids is 2. The molecule has 0 radical (unpaired) electrons. The molecular weight excluding hydrogens is 499 g/mol. The van der Waals surface area contributed by atoms with E-state index in [0.717, 1.165) is 16.7 Å². The molecule has 9 nitrogen and oxygen atoms in total. The number of phosphoric acid groups is 1. The van der Waals surface area contributed by atoms with Crippen molar-refractivity contribution in [2.45, 2.75) is 91.6 Å². The van der Waals surface area contributed by atoms with Crippen LogP contribution in [0.15, 0.2) is 12.1 Å². The van der Waals surface area contributed by atoms with Crippen LogP contribution in [0.25, 0.3) is 0 Å². The molecule has 2 bridgehead atoms. The second-order valence-corrected chi connectivity index (χ2v) is 14.7. The van der Waals surface area contributed by atoms with Crippen molar-refractivity contribution in [2.24, 2.45) is 5.41 Å². The van der Waals surface area contributed by atoms with Gasteiger partial charge in [0.25, 0.3) is 0 Å². The van der Waals surface area contributed by atoms with Crippen molar-refractivity contribution >= 4 is 19.9 Å². The molecule has 0 amide bonds. The van der Waals surface area contributed by atoms with Gasteiger partial charge in [0.15, 0.2) is 0 Å². The van der Waals surface area contributed by atoms with E-state index in [4.69, 9.17) is 27.8 Å². The molecule has 3 fully saturated rings. The molecule has 208 valence electrons. The Morgan fingerprint density at radius 3 is 1.81 bits per heavy atom. The Kier molecular flexibility index (Phi) is 8.27. The zero-order valence-electron chi connectivity index (χ0n) is 23.5. The maximum absolute atomic E-state index is 12.6. The number of ether oxygens (including phenoxy) is 3. The van der Waals surface area contributed by atoms with Crippen LogP contribution in [0, 0.1) is 5.41 Å². The first-order chi connectivity index (χ1) is 16.8. The summed E-state index contributed by atoms with van der Waals surface area (Å²) in [5.74, 6) is 0.129. The Hall–Kier alpha value is -1.93. The molecule has 0 N–H and O–H groups in total. The Balaban J connectivity index is 1.76. The van der Waals surface area contributed by atoms with Crippen LogP contribution in [0.4, 0.5) is 4.79 Å². The fourth-order valence-corrected chi connectivity index (χ4v) is 5.49. The number of benzene rings is 1. The normalized spacial score (nSPS) is 24.0.